The van der Waals surface area contributed by atoms with Crippen molar-refractivity contribution in [2.75, 3.05) is 38.7 Å². The highest BCUT2D eigenvalue weighted by molar-refractivity contribution is 5.92. The average Bonchev–Trinajstić information content (AvgIpc) is 2.48. The Bertz CT molecular complexity index is 410. The van der Waals surface area contributed by atoms with Gasteiger partial charge in [0, 0.05) is 25.5 Å². The van der Waals surface area contributed by atoms with E-state index in [4.69, 9.17) is 9.47 Å². The molecule has 0 bridgehead atoms. The van der Waals surface area contributed by atoms with E-state index in [0.29, 0.717) is 19.8 Å². The predicted molar refractivity (Wildman–Crippen MR) is 84.8 cm³/mol. The molecule has 1 amide bonds. The van der Waals surface area contributed by atoms with Crippen molar-refractivity contribution in [2.24, 2.45) is 0 Å². The Morgan fingerprint density at radius 3 is 2.86 bits per heavy atom. The molecule has 0 aliphatic carbocycles. The van der Waals surface area contributed by atoms with E-state index in [0.717, 1.165) is 37.2 Å². The molecule has 5 heteroatoms. The molecule has 1 rings (SSSR count). The van der Waals surface area contributed by atoms with Crippen molar-refractivity contribution >= 4 is 11.6 Å². The fourth-order valence-corrected chi connectivity index (χ4v) is 1.75. The second-order valence-electron chi connectivity index (χ2n) is 4.80. The monoisotopic (exact) mass is 294 g/mol. The first-order chi connectivity index (χ1) is 10.3. The third-order valence-electron chi connectivity index (χ3n) is 2.87. The van der Waals surface area contributed by atoms with E-state index in [1.54, 1.807) is 7.11 Å². The minimum absolute atomic E-state index is 0.0573. The van der Waals surface area contributed by atoms with E-state index in [1.807, 2.05) is 24.3 Å². The summed E-state index contributed by atoms with van der Waals surface area (Å²) in [6, 6.07) is 7.48. The molecule has 0 heterocycles. The molecule has 0 spiro atoms. The van der Waals surface area contributed by atoms with Crippen molar-refractivity contribution in [1.82, 2.24) is 5.32 Å². The number of amides is 1. The molecule has 2 N–H and O–H groups in total. The number of hydrogen-bond acceptors (Lipinski definition) is 4. The Hall–Kier alpha value is -1.59. The van der Waals surface area contributed by atoms with Gasteiger partial charge in [-0.05, 0) is 31.5 Å². The molecule has 0 aliphatic rings. The number of hydrogen-bond donors (Lipinski definition) is 2. The van der Waals surface area contributed by atoms with Gasteiger partial charge in [-0.15, -0.1) is 0 Å². The molecular weight excluding hydrogens is 268 g/mol. The van der Waals surface area contributed by atoms with Gasteiger partial charge in [0.05, 0.1) is 13.2 Å². The Morgan fingerprint density at radius 1 is 1.24 bits per heavy atom. The lowest BCUT2D eigenvalue weighted by atomic mass is 10.3. The van der Waals surface area contributed by atoms with Crippen molar-refractivity contribution in [1.29, 1.82) is 0 Å². The zero-order valence-electron chi connectivity index (χ0n) is 13.0. The van der Waals surface area contributed by atoms with Crippen LogP contribution in [0.15, 0.2) is 24.3 Å². The molecule has 5 nitrogen and oxygen atoms in total. The van der Waals surface area contributed by atoms with Crippen molar-refractivity contribution in [3.63, 3.8) is 0 Å². The van der Waals surface area contributed by atoms with Crippen LogP contribution < -0.4 is 15.4 Å². The molecule has 0 radical (unpaired) electrons. The summed E-state index contributed by atoms with van der Waals surface area (Å²) in [5, 5.41) is 5.92. The van der Waals surface area contributed by atoms with Crippen LogP contribution in [0.1, 0.15) is 26.2 Å². The van der Waals surface area contributed by atoms with Gasteiger partial charge in [-0.3, -0.25) is 4.79 Å². The summed E-state index contributed by atoms with van der Waals surface area (Å²) in [5.74, 6) is 0.729. The number of rotatable bonds is 11. The minimum atomic E-state index is -0.0573. The molecule has 0 aliphatic heterocycles. The Morgan fingerprint density at radius 2 is 2.10 bits per heavy atom. The van der Waals surface area contributed by atoms with E-state index in [1.165, 1.54) is 0 Å². The summed E-state index contributed by atoms with van der Waals surface area (Å²) >= 11 is 0. The quantitative estimate of drug-likeness (QED) is 0.615. The van der Waals surface area contributed by atoms with Crippen LogP contribution in [0.25, 0.3) is 0 Å². The summed E-state index contributed by atoms with van der Waals surface area (Å²) in [6.45, 7) is 4.59. The van der Waals surface area contributed by atoms with Gasteiger partial charge in [0.15, 0.2) is 0 Å². The average molecular weight is 294 g/mol. The van der Waals surface area contributed by atoms with Gasteiger partial charge in [-0.1, -0.05) is 19.4 Å². The first-order valence-corrected chi connectivity index (χ1v) is 7.48. The smallest absolute Gasteiger partial charge is 0.238 e. The van der Waals surface area contributed by atoms with Crippen LogP contribution >= 0.6 is 0 Å². The lowest BCUT2D eigenvalue weighted by Gasteiger charge is -2.09. The molecule has 118 valence electrons. The molecule has 1 aromatic rings. The first kappa shape index (κ1) is 17.5. The van der Waals surface area contributed by atoms with Gasteiger partial charge in [0.2, 0.25) is 5.91 Å². The van der Waals surface area contributed by atoms with Gasteiger partial charge in [0.25, 0.3) is 0 Å². The minimum Gasteiger partial charge on any atom is -0.494 e. The highest BCUT2D eigenvalue weighted by Crippen LogP contribution is 2.17. The van der Waals surface area contributed by atoms with Crippen LogP contribution in [0.2, 0.25) is 0 Å². The van der Waals surface area contributed by atoms with Gasteiger partial charge in [0.1, 0.15) is 5.75 Å². The SMILES string of the molecule is CCCCOc1cccc(NC(=O)CNCCCOC)c1. The van der Waals surface area contributed by atoms with E-state index in [9.17, 15) is 4.79 Å². The van der Waals surface area contributed by atoms with Gasteiger partial charge in [-0.2, -0.15) is 0 Å². The van der Waals surface area contributed by atoms with Crippen LogP contribution in [0.3, 0.4) is 0 Å². The normalized spacial score (nSPS) is 10.4. The molecular formula is C16H26N2O3. The molecule has 0 aromatic heterocycles. The van der Waals surface area contributed by atoms with Crippen LogP contribution in [-0.2, 0) is 9.53 Å². The van der Waals surface area contributed by atoms with Crippen LogP contribution in [0.4, 0.5) is 5.69 Å². The van der Waals surface area contributed by atoms with Gasteiger partial charge in [-0.25, -0.2) is 0 Å². The number of anilines is 1. The van der Waals surface area contributed by atoms with Crippen LogP contribution in [0.5, 0.6) is 5.75 Å². The fraction of sp³-hybridized carbons (Fsp3) is 0.562. The van der Waals surface area contributed by atoms with Crippen molar-refractivity contribution < 1.29 is 14.3 Å². The molecule has 0 unspecified atom stereocenters. The molecule has 21 heavy (non-hydrogen) atoms. The molecule has 0 fully saturated rings. The highest BCUT2D eigenvalue weighted by Gasteiger charge is 2.03. The summed E-state index contributed by atoms with van der Waals surface area (Å²) in [6.07, 6.45) is 3.03. The largest absolute Gasteiger partial charge is 0.494 e. The summed E-state index contributed by atoms with van der Waals surface area (Å²) in [7, 11) is 1.67. The van der Waals surface area contributed by atoms with E-state index in [2.05, 4.69) is 17.6 Å². The second-order valence-corrected chi connectivity index (χ2v) is 4.80. The van der Waals surface area contributed by atoms with Crippen LogP contribution in [0, 0.1) is 0 Å². The molecule has 0 saturated carbocycles. The summed E-state index contributed by atoms with van der Waals surface area (Å²) in [5.41, 5.74) is 0.757. The fourth-order valence-electron chi connectivity index (χ4n) is 1.75. The maximum Gasteiger partial charge on any atom is 0.238 e. The predicted octanol–water partition coefficient (Wildman–Crippen LogP) is 2.43. The number of ether oxygens (including phenoxy) is 2. The second kappa shape index (κ2) is 11.1. The topological polar surface area (TPSA) is 59.6 Å². The van der Waals surface area contributed by atoms with E-state index in [-0.39, 0.29) is 5.91 Å². The third kappa shape index (κ3) is 8.32. The van der Waals surface area contributed by atoms with Gasteiger partial charge >= 0.3 is 0 Å². The zero-order chi connectivity index (χ0) is 15.3. The van der Waals surface area contributed by atoms with Crippen LogP contribution in [-0.4, -0.2) is 39.3 Å². The maximum atomic E-state index is 11.8. The number of benzene rings is 1. The number of unbranched alkanes of at least 4 members (excludes halogenated alkanes) is 1. The van der Waals surface area contributed by atoms with E-state index >= 15 is 0 Å². The molecule has 1 aromatic carbocycles. The molecule has 0 atom stereocenters. The Kier molecular flexibility index (Phi) is 9.24. The Balaban J connectivity index is 2.29. The summed E-state index contributed by atoms with van der Waals surface area (Å²) < 4.78 is 10.6. The van der Waals surface area contributed by atoms with E-state index < -0.39 is 0 Å². The lowest BCUT2D eigenvalue weighted by Crippen LogP contribution is -2.29. The summed E-state index contributed by atoms with van der Waals surface area (Å²) in [4.78, 5) is 11.8. The highest BCUT2D eigenvalue weighted by atomic mass is 16.5. The standard InChI is InChI=1S/C16H26N2O3/c1-3-4-11-21-15-8-5-7-14(12-15)18-16(19)13-17-9-6-10-20-2/h5,7-8,12,17H,3-4,6,9-11,13H2,1-2H3,(H,18,19). The zero-order valence-corrected chi connectivity index (χ0v) is 13.0. The Labute approximate surface area is 127 Å². The number of carbonyl (C=O) groups is 1. The molecule has 0 saturated heterocycles. The number of nitrogens with one attached hydrogen (secondary N) is 2. The first-order valence-electron chi connectivity index (χ1n) is 7.48. The van der Waals surface area contributed by atoms with Crippen molar-refractivity contribution in [2.45, 2.75) is 26.2 Å². The lowest BCUT2D eigenvalue weighted by molar-refractivity contribution is -0.115. The van der Waals surface area contributed by atoms with Gasteiger partial charge < -0.3 is 20.1 Å². The number of methoxy groups -OCH3 is 1. The van der Waals surface area contributed by atoms with Crippen molar-refractivity contribution in [3.8, 4) is 5.75 Å². The number of carbonyl (C=O) groups excluding carboxylic acids is 1. The van der Waals surface area contributed by atoms with Crippen molar-refractivity contribution in [3.05, 3.63) is 24.3 Å². The maximum absolute atomic E-state index is 11.8. The third-order valence-corrected chi connectivity index (χ3v) is 2.87.